The van der Waals surface area contributed by atoms with E-state index in [1.807, 2.05) is 55.3 Å². The minimum atomic E-state index is 0.761. The molecule has 0 saturated carbocycles. The molecule has 0 aliphatic heterocycles. The van der Waals surface area contributed by atoms with E-state index in [2.05, 4.69) is 20.6 Å². The van der Waals surface area contributed by atoms with Crippen molar-refractivity contribution < 1.29 is 0 Å². The molecular weight excluding hydrogens is 252 g/mol. The van der Waals surface area contributed by atoms with E-state index < -0.39 is 0 Å². The lowest BCUT2D eigenvalue weighted by molar-refractivity contribution is 0.767. The Kier molecular flexibility index (Phi) is 3.20. The summed E-state index contributed by atoms with van der Waals surface area (Å²) in [6, 6.07) is 8.16. The Morgan fingerprint density at radius 1 is 1.15 bits per heavy atom. The number of nitrogens with zero attached hydrogens (tertiary/aromatic N) is 5. The van der Waals surface area contributed by atoms with Gasteiger partial charge in [-0.05, 0) is 24.3 Å². The van der Waals surface area contributed by atoms with E-state index >= 15 is 0 Å². The van der Waals surface area contributed by atoms with Crippen LogP contribution in [-0.4, -0.2) is 24.5 Å². The lowest BCUT2D eigenvalue weighted by atomic mass is 10.2. The molecule has 0 aliphatic rings. The van der Waals surface area contributed by atoms with Crippen LogP contribution in [0, 0.1) is 0 Å². The van der Waals surface area contributed by atoms with Gasteiger partial charge in [0.25, 0.3) is 0 Å². The Labute approximate surface area is 117 Å². The highest BCUT2D eigenvalue weighted by Gasteiger charge is 2.04. The van der Waals surface area contributed by atoms with Crippen molar-refractivity contribution >= 4 is 5.69 Å². The van der Waals surface area contributed by atoms with E-state index in [1.165, 1.54) is 0 Å². The summed E-state index contributed by atoms with van der Waals surface area (Å²) in [5.74, 6) is 0.865. The smallest absolute Gasteiger partial charge is 0.163 e. The van der Waals surface area contributed by atoms with Crippen LogP contribution in [0.25, 0.3) is 11.4 Å². The summed E-state index contributed by atoms with van der Waals surface area (Å²) in [5, 5.41) is 15.5. The van der Waals surface area contributed by atoms with Gasteiger partial charge in [-0.3, -0.25) is 4.68 Å². The molecule has 1 N–H and O–H groups in total. The number of rotatable bonds is 4. The fourth-order valence-electron chi connectivity index (χ4n) is 2.05. The summed E-state index contributed by atoms with van der Waals surface area (Å²) < 4.78 is 3.70. The zero-order valence-corrected chi connectivity index (χ0v) is 11.5. The van der Waals surface area contributed by atoms with E-state index in [1.54, 1.807) is 11.0 Å². The molecule has 0 atom stereocenters. The van der Waals surface area contributed by atoms with Crippen molar-refractivity contribution in [3.63, 3.8) is 0 Å². The van der Waals surface area contributed by atoms with Crippen molar-refractivity contribution in [2.45, 2.75) is 6.54 Å². The Bertz CT molecular complexity index is 695. The molecule has 0 spiro atoms. The number of aryl methyl sites for hydroxylation is 2. The van der Waals surface area contributed by atoms with Gasteiger partial charge >= 0.3 is 0 Å². The topological polar surface area (TPSA) is 60.6 Å². The summed E-state index contributed by atoms with van der Waals surface area (Å²) in [6.45, 7) is 0.761. The van der Waals surface area contributed by atoms with Gasteiger partial charge in [-0.2, -0.15) is 5.10 Å². The molecular formula is C14H16N6. The number of aromatic nitrogens is 5. The van der Waals surface area contributed by atoms with Crippen LogP contribution in [0.15, 0.2) is 43.0 Å². The molecule has 3 aromatic rings. The molecule has 102 valence electrons. The average molecular weight is 268 g/mol. The molecule has 1 aromatic carbocycles. The van der Waals surface area contributed by atoms with Crippen molar-refractivity contribution in [2.24, 2.45) is 14.1 Å². The van der Waals surface area contributed by atoms with Crippen LogP contribution < -0.4 is 5.32 Å². The summed E-state index contributed by atoms with van der Waals surface area (Å²) in [6.07, 6.45) is 5.56. The molecule has 0 unspecified atom stereocenters. The summed E-state index contributed by atoms with van der Waals surface area (Å²) >= 11 is 0. The third kappa shape index (κ3) is 2.54. The zero-order valence-electron chi connectivity index (χ0n) is 11.5. The first-order chi connectivity index (χ1) is 9.72. The maximum atomic E-state index is 4.15. The molecule has 0 fully saturated rings. The van der Waals surface area contributed by atoms with Gasteiger partial charge in [0.2, 0.25) is 0 Å². The third-order valence-corrected chi connectivity index (χ3v) is 3.11. The largest absolute Gasteiger partial charge is 0.381 e. The van der Waals surface area contributed by atoms with E-state index in [9.17, 15) is 0 Å². The molecule has 6 heteroatoms. The van der Waals surface area contributed by atoms with Gasteiger partial charge in [-0.1, -0.05) is 0 Å². The van der Waals surface area contributed by atoms with Crippen LogP contribution in [0.3, 0.4) is 0 Å². The molecule has 6 nitrogen and oxygen atoms in total. The summed E-state index contributed by atoms with van der Waals surface area (Å²) in [4.78, 5) is 0. The molecule has 0 bridgehead atoms. The minimum absolute atomic E-state index is 0.761. The van der Waals surface area contributed by atoms with E-state index in [-0.39, 0.29) is 0 Å². The molecule has 0 aliphatic carbocycles. The SMILES string of the molecule is Cn1cc(CNc2ccc(-c3nncn3C)cc2)cn1. The molecule has 2 aromatic heterocycles. The highest BCUT2D eigenvalue weighted by Crippen LogP contribution is 2.18. The Morgan fingerprint density at radius 3 is 2.55 bits per heavy atom. The van der Waals surface area contributed by atoms with Crippen molar-refractivity contribution in [1.82, 2.24) is 24.5 Å². The second kappa shape index (κ2) is 5.16. The van der Waals surface area contributed by atoms with Crippen molar-refractivity contribution in [3.8, 4) is 11.4 Å². The first-order valence-corrected chi connectivity index (χ1v) is 6.38. The first kappa shape index (κ1) is 12.4. The van der Waals surface area contributed by atoms with Gasteiger partial charge in [-0.15, -0.1) is 10.2 Å². The molecule has 20 heavy (non-hydrogen) atoms. The fraction of sp³-hybridized carbons (Fsp3) is 0.214. The Hall–Kier alpha value is -2.63. The van der Waals surface area contributed by atoms with Crippen LogP contribution in [-0.2, 0) is 20.6 Å². The lowest BCUT2D eigenvalue weighted by Crippen LogP contribution is -1.98. The minimum Gasteiger partial charge on any atom is -0.381 e. The Morgan fingerprint density at radius 2 is 1.95 bits per heavy atom. The maximum absolute atomic E-state index is 4.15. The molecule has 3 rings (SSSR count). The van der Waals surface area contributed by atoms with Crippen molar-refractivity contribution in [2.75, 3.05) is 5.32 Å². The highest BCUT2D eigenvalue weighted by atomic mass is 15.2. The van der Waals surface area contributed by atoms with Crippen LogP contribution >= 0.6 is 0 Å². The number of nitrogens with one attached hydrogen (secondary N) is 1. The van der Waals surface area contributed by atoms with Crippen LogP contribution in [0.2, 0.25) is 0 Å². The number of anilines is 1. The van der Waals surface area contributed by atoms with Crippen molar-refractivity contribution in [3.05, 3.63) is 48.5 Å². The number of hydrogen-bond acceptors (Lipinski definition) is 4. The van der Waals surface area contributed by atoms with Gasteiger partial charge < -0.3 is 9.88 Å². The van der Waals surface area contributed by atoms with Crippen molar-refractivity contribution in [1.29, 1.82) is 0 Å². The first-order valence-electron chi connectivity index (χ1n) is 6.38. The molecule has 0 saturated heterocycles. The third-order valence-electron chi connectivity index (χ3n) is 3.11. The van der Waals surface area contributed by atoms with Gasteiger partial charge in [-0.25, -0.2) is 0 Å². The van der Waals surface area contributed by atoms with Crippen LogP contribution in [0.5, 0.6) is 0 Å². The maximum Gasteiger partial charge on any atom is 0.163 e. The summed E-state index contributed by atoms with van der Waals surface area (Å²) in [7, 11) is 3.85. The molecule has 0 radical (unpaired) electrons. The molecule has 0 amide bonds. The van der Waals surface area contributed by atoms with Gasteiger partial charge in [0.1, 0.15) is 6.33 Å². The quantitative estimate of drug-likeness (QED) is 0.784. The van der Waals surface area contributed by atoms with Gasteiger partial charge in [0, 0.05) is 43.7 Å². The Balaban J connectivity index is 1.69. The predicted octanol–water partition coefficient (Wildman–Crippen LogP) is 1.83. The zero-order chi connectivity index (χ0) is 13.9. The highest BCUT2D eigenvalue weighted by molar-refractivity contribution is 5.59. The predicted molar refractivity (Wildman–Crippen MR) is 77.0 cm³/mol. The van der Waals surface area contributed by atoms with E-state index in [0.717, 1.165) is 29.2 Å². The normalized spacial score (nSPS) is 10.7. The van der Waals surface area contributed by atoms with Gasteiger partial charge in [0.15, 0.2) is 5.82 Å². The van der Waals surface area contributed by atoms with E-state index in [4.69, 9.17) is 0 Å². The lowest BCUT2D eigenvalue weighted by Gasteiger charge is -2.06. The monoisotopic (exact) mass is 268 g/mol. The number of hydrogen-bond donors (Lipinski definition) is 1. The average Bonchev–Trinajstić information content (AvgIpc) is 3.06. The number of benzene rings is 1. The fourth-order valence-corrected chi connectivity index (χ4v) is 2.05. The van der Waals surface area contributed by atoms with Crippen LogP contribution in [0.4, 0.5) is 5.69 Å². The second-order valence-corrected chi connectivity index (χ2v) is 4.72. The second-order valence-electron chi connectivity index (χ2n) is 4.72. The van der Waals surface area contributed by atoms with Crippen LogP contribution in [0.1, 0.15) is 5.56 Å². The van der Waals surface area contributed by atoms with Gasteiger partial charge in [0.05, 0.1) is 6.20 Å². The summed E-state index contributed by atoms with van der Waals surface area (Å²) in [5.41, 5.74) is 3.28. The standard InChI is InChI=1S/C14H16N6/c1-19-10-16-18-14(19)12-3-5-13(6-4-12)15-7-11-8-17-20(2)9-11/h3-6,8-10,15H,7H2,1-2H3. The van der Waals surface area contributed by atoms with E-state index in [0.29, 0.717) is 0 Å². The molecule has 2 heterocycles.